The fraction of sp³-hybridized carbons (Fsp3) is 0.105. The molecule has 0 heterocycles. The Kier molecular flexibility index (Phi) is 5.63. The van der Waals surface area contributed by atoms with Gasteiger partial charge in [0.15, 0.2) is 11.5 Å². The first kappa shape index (κ1) is 17.1. The van der Waals surface area contributed by atoms with E-state index in [0.29, 0.717) is 5.56 Å². The van der Waals surface area contributed by atoms with E-state index < -0.39 is 5.97 Å². The van der Waals surface area contributed by atoms with Gasteiger partial charge in [-0.1, -0.05) is 30.4 Å². The molecule has 5 nitrogen and oxygen atoms in total. The number of methoxy groups -OCH3 is 1. The van der Waals surface area contributed by atoms with Crippen molar-refractivity contribution < 1.29 is 24.9 Å². The number of hydrogen-bond acceptors (Lipinski definition) is 4. The molecule has 5 heteroatoms. The average molecular weight is 326 g/mol. The Hall–Kier alpha value is -3.21. The van der Waals surface area contributed by atoms with Crippen LogP contribution in [0.5, 0.6) is 17.2 Å². The SMILES string of the molecule is COc1cc(C=C(CC=Cc2ccc(O)cc2)C(=O)O)ccc1O. The van der Waals surface area contributed by atoms with E-state index in [-0.39, 0.29) is 29.2 Å². The molecule has 124 valence electrons. The lowest BCUT2D eigenvalue weighted by atomic mass is 10.1. The molecule has 0 spiro atoms. The molecule has 2 aromatic carbocycles. The summed E-state index contributed by atoms with van der Waals surface area (Å²) < 4.78 is 5.02. The highest BCUT2D eigenvalue weighted by atomic mass is 16.5. The maximum absolute atomic E-state index is 11.4. The maximum atomic E-state index is 11.4. The minimum Gasteiger partial charge on any atom is -0.508 e. The molecule has 0 fully saturated rings. The van der Waals surface area contributed by atoms with Crippen molar-refractivity contribution in [3.05, 3.63) is 65.2 Å². The number of phenols is 2. The second kappa shape index (κ2) is 7.87. The Labute approximate surface area is 139 Å². The number of carboxylic acids is 1. The lowest BCUT2D eigenvalue weighted by Gasteiger charge is -2.05. The highest BCUT2D eigenvalue weighted by molar-refractivity contribution is 5.92. The van der Waals surface area contributed by atoms with Gasteiger partial charge in [0.05, 0.1) is 7.11 Å². The van der Waals surface area contributed by atoms with Crippen LogP contribution in [0.15, 0.2) is 54.1 Å². The summed E-state index contributed by atoms with van der Waals surface area (Å²) >= 11 is 0. The summed E-state index contributed by atoms with van der Waals surface area (Å²) in [5.74, 6) is -0.552. The van der Waals surface area contributed by atoms with Crippen molar-refractivity contribution in [2.45, 2.75) is 6.42 Å². The van der Waals surface area contributed by atoms with Gasteiger partial charge in [-0.2, -0.15) is 0 Å². The molecule has 0 atom stereocenters. The third kappa shape index (κ3) is 4.64. The molecule has 0 aliphatic carbocycles. The van der Waals surface area contributed by atoms with Crippen molar-refractivity contribution in [2.24, 2.45) is 0 Å². The monoisotopic (exact) mass is 326 g/mol. The van der Waals surface area contributed by atoms with E-state index in [9.17, 15) is 20.1 Å². The Morgan fingerprint density at radius 1 is 1.08 bits per heavy atom. The number of rotatable bonds is 6. The normalized spacial score (nSPS) is 11.6. The van der Waals surface area contributed by atoms with Crippen LogP contribution in [0.1, 0.15) is 17.5 Å². The average Bonchev–Trinajstić information content (AvgIpc) is 2.57. The van der Waals surface area contributed by atoms with Crippen LogP contribution in [0.4, 0.5) is 0 Å². The number of hydrogen-bond donors (Lipinski definition) is 3. The van der Waals surface area contributed by atoms with E-state index in [4.69, 9.17) is 4.74 Å². The molecule has 0 bridgehead atoms. The first-order valence-electron chi connectivity index (χ1n) is 7.26. The minimum atomic E-state index is -1.02. The van der Waals surface area contributed by atoms with Crippen molar-refractivity contribution in [1.29, 1.82) is 0 Å². The molecule has 0 saturated carbocycles. The quantitative estimate of drug-likeness (QED) is 0.705. The number of benzene rings is 2. The van der Waals surface area contributed by atoms with E-state index in [2.05, 4.69) is 0 Å². The summed E-state index contributed by atoms with van der Waals surface area (Å²) in [5, 5.41) is 28.1. The third-order valence-electron chi connectivity index (χ3n) is 3.36. The summed E-state index contributed by atoms with van der Waals surface area (Å²) in [4.78, 5) is 11.4. The number of aliphatic carboxylic acids is 1. The van der Waals surface area contributed by atoms with E-state index >= 15 is 0 Å². The highest BCUT2D eigenvalue weighted by Crippen LogP contribution is 2.27. The van der Waals surface area contributed by atoms with Gasteiger partial charge in [0.2, 0.25) is 0 Å². The summed E-state index contributed by atoms with van der Waals surface area (Å²) in [7, 11) is 1.43. The Bertz CT molecular complexity index is 773. The van der Waals surface area contributed by atoms with Gasteiger partial charge in [-0.15, -0.1) is 0 Å². The summed E-state index contributed by atoms with van der Waals surface area (Å²) in [5.41, 5.74) is 1.70. The fourth-order valence-electron chi connectivity index (χ4n) is 2.10. The standard InChI is InChI=1S/C19H18O5/c1-24-18-12-14(7-10-17(18)21)11-15(19(22)23)4-2-3-13-5-8-16(20)9-6-13/h2-3,5-12,20-21H,4H2,1H3,(H,22,23). The Morgan fingerprint density at radius 3 is 2.38 bits per heavy atom. The molecule has 0 aliphatic rings. The molecule has 24 heavy (non-hydrogen) atoms. The van der Waals surface area contributed by atoms with Crippen LogP contribution in [-0.4, -0.2) is 28.4 Å². The van der Waals surface area contributed by atoms with Crippen LogP contribution >= 0.6 is 0 Å². The van der Waals surface area contributed by atoms with Crippen molar-refractivity contribution in [2.75, 3.05) is 7.11 Å². The topological polar surface area (TPSA) is 87.0 Å². The molecule has 3 N–H and O–H groups in total. The van der Waals surface area contributed by atoms with Gasteiger partial charge in [-0.05, 0) is 47.9 Å². The van der Waals surface area contributed by atoms with Crippen LogP contribution in [-0.2, 0) is 4.79 Å². The van der Waals surface area contributed by atoms with Crippen molar-refractivity contribution in [3.8, 4) is 17.2 Å². The molecule has 0 saturated heterocycles. The number of phenolic OH excluding ortho intramolecular Hbond substituents is 2. The second-order valence-corrected chi connectivity index (χ2v) is 5.10. The molecular weight excluding hydrogens is 308 g/mol. The molecule has 0 aromatic heterocycles. The predicted molar refractivity (Wildman–Crippen MR) is 92.0 cm³/mol. The van der Waals surface area contributed by atoms with E-state index in [1.165, 1.54) is 19.3 Å². The van der Waals surface area contributed by atoms with Gasteiger partial charge in [0.25, 0.3) is 0 Å². The molecule has 0 unspecified atom stereocenters. The van der Waals surface area contributed by atoms with Gasteiger partial charge >= 0.3 is 5.97 Å². The highest BCUT2D eigenvalue weighted by Gasteiger charge is 2.07. The maximum Gasteiger partial charge on any atom is 0.331 e. The van der Waals surface area contributed by atoms with Crippen LogP contribution in [0.2, 0.25) is 0 Å². The van der Waals surface area contributed by atoms with Crippen molar-refractivity contribution >= 4 is 18.1 Å². The summed E-state index contributed by atoms with van der Waals surface area (Å²) in [6, 6.07) is 11.2. The Morgan fingerprint density at radius 2 is 1.75 bits per heavy atom. The van der Waals surface area contributed by atoms with Crippen LogP contribution in [0.25, 0.3) is 12.2 Å². The van der Waals surface area contributed by atoms with Crippen molar-refractivity contribution in [1.82, 2.24) is 0 Å². The molecule has 0 aliphatic heterocycles. The summed E-state index contributed by atoms with van der Waals surface area (Å²) in [6.45, 7) is 0. The Balaban J connectivity index is 2.17. The molecule has 0 radical (unpaired) electrons. The number of allylic oxidation sites excluding steroid dienone is 1. The van der Waals surface area contributed by atoms with Crippen molar-refractivity contribution in [3.63, 3.8) is 0 Å². The number of aromatic hydroxyl groups is 2. The van der Waals surface area contributed by atoms with Gasteiger partial charge in [0, 0.05) is 5.57 Å². The molecule has 2 aromatic rings. The van der Waals surface area contributed by atoms with Crippen LogP contribution in [0.3, 0.4) is 0 Å². The zero-order valence-corrected chi connectivity index (χ0v) is 13.1. The first-order valence-corrected chi connectivity index (χ1v) is 7.26. The van der Waals surface area contributed by atoms with E-state index in [1.54, 1.807) is 48.6 Å². The number of carbonyl (C=O) groups is 1. The third-order valence-corrected chi connectivity index (χ3v) is 3.36. The fourth-order valence-corrected chi connectivity index (χ4v) is 2.10. The zero-order valence-electron chi connectivity index (χ0n) is 13.1. The second-order valence-electron chi connectivity index (χ2n) is 5.10. The first-order chi connectivity index (χ1) is 11.5. The zero-order chi connectivity index (χ0) is 17.5. The predicted octanol–water partition coefficient (Wildman–Crippen LogP) is 3.68. The smallest absolute Gasteiger partial charge is 0.331 e. The van der Waals surface area contributed by atoms with E-state index in [1.807, 2.05) is 0 Å². The lowest BCUT2D eigenvalue weighted by Crippen LogP contribution is -1.99. The largest absolute Gasteiger partial charge is 0.508 e. The minimum absolute atomic E-state index is 0.00116. The van der Waals surface area contributed by atoms with Gasteiger partial charge in [0.1, 0.15) is 5.75 Å². The number of carboxylic acid groups (broad SMARTS) is 1. The molecule has 2 rings (SSSR count). The molecule has 0 amide bonds. The number of ether oxygens (including phenoxy) is 1. The van der Waals surface area contributed by atoms with E-state index in [0.717, 1.165) is 5.56 Å². The van der Waals surface area contributed by atoms with Gasteiger partial charge in [-0.3, -0.25) is 0 Å². The lowest BCUT2D eigenvalue weighted by molar-refractivity contribution is -0.132. The molecular formula is C19H18O5. The van der Waals surface area contributed by atoms with Gasteiger partial charge in [-0.25, -0.2) is 4.79 Å². The summed E-state index contributed by atoms with van der Waals surface area (Å²) in [6.07, 6.45) is 5.29. The van der Waals surface area contributed by atoms with Crippen LogP contribution < -0.4 is 4.74 Å². The van der Waals surface area contributed by atoms with Gasteiger partial charge < -0.3 is 20.1 Å². The van der Waals surface area contributed by atoms with Crippen LogP contribution in [0, 0.1) is 0 Å².